The van der Waals surface area contributed by atoms with Gasteiger partial charge in [-0.05, 0) is 36.9 Å². The molecule has 1 aromatic carbocycles. The van der Waals surface area contributed by atoms with Gasteiger partial charge in [0.2, 0.25) is 0 Å². The van der Waals surface area contributed by atoms with E-state index in [0.29, 0.717) is 11.8 Å². The first kappa shape index (κ1) is 13.6. The van der Waals surface area contributed by atoms with Crippen LogP contribution < -0.4 is 5.32 Å². The minimum Gasteiger partial charge on any atom is -0.367 e. The van der Waals surface area contributed by atoms with Gasteiger partial charge in [0.1, 0.15) is 0 Å². The Morgan fingerprint density at radius 2 is 1.90 bits per heavy atom. The van der Waals surface area contributed by atoms with Crippen LogP contribution in [0, 0.1) is 11.8 Å². The number of ether oxygens (including phenoxy) is 1. The third-order valence-electron chi connectivity index (χ3n) is 4.36. The van der Waals surface area contributed by atoms with Gasteiger partial charge in [-0.2, -0.15) is 0 Å². The van der Waals surface area contributed by atoms with Gasteiger partial charge in [-0.25, -0.2) is 0 Å². The molecule has 0 radical (unpaired) electrons. The summed E-state index contributed by atoms with van der Waals surface area (Å²) < 4.78 is 5.47. The number of carbonyl (C=O) groups excluding carboxylic acids is 1. The Morgan fingerprint density at radius 1 is 1.25 bits per heavy atom. The van der Waals surface area contributed by atoms with Crippen LogP contribution in [0.15, 0.2) is 30.3 Å². The van der Waals surface area contributed by atoms with Gasteiger partial charge in [0.15, 0.2) is 6.10 Å². The van der Waals surface area contributed by atoms with E-state index in [0.717, 1.165) is 31.7 Å². The Bertz CT molecular complexity index is 451. The number of rotatable bonds is 3. The second-order valence-corrected chi connectivity index (χ2v) is 5.90. The minimum atomic E-state index is -0.469. The molecule has 1 amide bonds. The molecular weight excluding hydrogens is 252 g/mol. The number of carbonyl (C=O) groups is 1. The average Bonchev–Trinajstić information content (AvgIpc) is 2.48. The fraction of sp³-hybridized carbons (Fsp3) is 0.562. The highest BCUT2D eigenvalue weighted by molar-refractivity contribution is 5.82. The highest BCUT2D eigenvalue weighted by Crippen LogP contribution is 2.28. The Morgan fingerprint density at radius 3 is 2.50 bits per heavy atom. The van der Waals surface area contributed by atoms with Crippen LogP contribution in [0.3, 0.4) is 0 Å². The summed E-state index contributed by atoms with van der Waals surface area (Å²) in [6.07, 6.45) is 0.780. The predicted molar refractivity (Wildman–Crippen MR) is 77.2 cm³/mol. The van der Waals surface area contributed by atoms with Crippen molar-refractivity contribution in [3.63, 3.8) is 0 Å². The topological polar surface area (TPSA) is 41.6 Å². The third-order valence-corrected chi connectivity index (χ3v) is 4.36. The quantitative estimate of drug-likeness (QED) is 0.907. The van der Waals surface area contributed by atoms with Gasteiger partial charge >= 0.3 is 0 Å². The summed E-state index contributed by atoms with van der Waals surface area (Å²) in [5.74, 6) is 1.30. The van der Waals surface area contributed by atoms with Crippen LogP contribution in [-0.2, 0) is 9.53 Å². The van der Waals surface area contributed by atoms with E-state index in [1.807, 2.05) is 35.2 Å². The first-order valence-electron chi connectivity index (χ1n) is 7.35. The van der Waals surface area contributed by atoms with Crippen molar-refractivity contribution in [3.05, 3.63) is 35.9 Å². The summed E-state index contributed by atoms with van der Waals surface area (Å²) >= 11 is 0. The lowest BCUT2D eigenvalue weighted by molar-refractivity contribution is -0.146. The van der Waals surface area contributed by atoms with Crippen molar-refractivity contribution in [2.45, 2.75) is 12.5 Å². The van der Waals surface area contributed by atoms with Crippen molar-refractivity contribution in [1.29, 1.82) is 0 Å². The molecule has 2 aliphatic rings. The molecule has 4 nitrogen and oxygen atoms in total. The summed E-state index contributed by atoms with van der Waals surface area (Å²) in [7, 11) is 1.61. The molecule has 1 N–H and O–H groups in total. The number of benzene rings is 1. The maximum Gasteiger partial charge on any atom is 0.256 e. The maximum absolute atomic E-state index is 12.7. The van der Waals surface area contributed by atoms with Crippen molar-refractivity contribution in [1.82, 2.24) is 10.2 Å². The number of piperidine rings is 2. The summed E-state index contributed by atoms with van der Waals surface area (Å²) in [6.45, 7) is 3.77. The van der Waals surface area contributed by atoms with Crippen LogP contribution >= 0.6 is 0 Å². The van der Waals surface area contributed by atoms with E-state index in [-0.39, 0.29) is 5.91 Å². The van der Waals surface area contributed by atoms with Crippen molar-refractivity contribution < 1.29 is 9.53 Å². The molecule has 4 heteroatoms. The smallest absolute Gasteiger partial charge is 0.256 e. The van der Waals surface area contributed by atoms with Crippen LogP contribution in [0.4, 0.5) is 0 Å². The first-order chi connectivity index (χ1) is 9.78. The van der Waals surface area contributed by atoms with Crippen LogP contribution in [-0.4, -0.2) is 44.1 Å². The zero-order valence-corrected chi connectivity index (χ0v) is 11.9. The van der Waals surface area contributed by atoms with Gasteiger partial charge in [-0.15, -0.1) is 0 Å². The maximum atomic E-state index is 12.7. The number of hydrogen-bond acceptors (Lipinski definition) is 3. The van der Waals surface area contributed by atoms with Gasteiger partial charge in [-0.1, -0.05) is 30.3 Å². The van der Waals surface area contributed by atoms with E-state index in [4.69, 9.17) is 4.74 Å². The van der Waals surface area contributed by atoms with E-state index < -0.39 is 6.10 Å². The first-order valence-corrected chi connectivity index (χ1v) is 7.35. The Balaban J connectivity index is 1.74. The summed E-state index contributed by atoms with van der Waals surface area (Å²) in [4.78, 5) is 14.7. The Labute approximate surface area is 120 Å². The Kier molecular flexibility index (Phi) is 4.03. The SMILES string of the molecule is COC(C(=O)N1CC2CNCC(C2)C1)c1ccccc1. The molecule has 0 aliphatic carbocycles. The molecule has 20 heavy (non-hydrogen) atoms. The summed E-state index contributed by atoms with van der Waals surface area (Å²) in [5, 5.41) is 3.45. The number of methoxy groups -OCH3 is 1. The number of hydrogen-bond donors (Lipinski definition) is 1. The average molecular weight is 274 g/mol. The molecule has 3 unspecified atom stereocenters. The van der Waals surface area contributed by atoms with Gasteiger partial charge in [0.05, 0.1) is 0 Å². The highest BCUT2D eigenvalue weighted by Gasteiger charge is 2.35. The van der Waals surface area contributed by atoms with Crippen molar-refractivity contribution in [3.8, 4) is 0 Å². The molecule has 1 aromatic rings. The zero-order chi connectivity index (χ0) is 13.9. The molecule has 0 spiro atoms. The predicted octanol–water partition coefficient (Wildman–Crippen LogP) is 1.44. The number of likely N-dealkylation sites (tertiary alicyclic amines) is 1. The largest absolute Gasteiger partial charge is 0.367 e. The summed E-state index contributed by atoms with van der Waals surface area (Å²) in [5.41, 5.74) is 0.939. The highest BCUT2D eigenvalue weighted by atomic mass is 16.5. The molecule has 2 fully saturated rings. The van der Waals surface area contributed by atoms with E-state index >= 15 is 0 Å². The fourth-order valence-electron chi connectivity index (χ4n) is 3.46. The summed E-state index contributed by atoms with van der Waals surface area (Å²) in [6, 6.07) is 9.77. The van der Waals surface area contributed by atoms with Crippen molar-refractivity contribution in [2.24, 2.45) is 11.8 Å². The van der Waals surface area contributed by atoms with Crippen molar-refractivity contribution in [2.75, 3.05) is 33.3 Å². The van der Waals surface area contributed by atoms with Crippen LogP contribution in [0.1, 0.15) is 18.1 Å². The molecular formula is C16H22N2O2. The standard InChI is InChI=1S/C16H22N2O2/c1-20-15(14-5-3-2-4-6-14)16(19)18-10-12-7-13(11-18)9-17-8-12/h2-6,12-13,15,17H,7-11H2,1H3. The van der Waals surface area contributed by atoms with Crippen LogP contribution in [0.2, 0.25) is 0 Å². The minimum absolute atomic E-state index is 0.107. The molecule has 3 atom stereocenters. The van der Waals surface area contributed by atoms with E-state index in [9.17, 15) is 4.79 Å². The normalized spacial score (nSPS) is 27.1. The van der Waals surface area contributed by atoms with Gasteiger partial charge < -0.3 is 15.0 Å². The number of nitrogens with one attached hydrogen (secondary N) is 1. The molecule has 2 heterocycles. The molecule has 3 rings (SSSR count). The van der Waals surface area contributed by atoms with Gasteiger partial charge in [0.25, 0.3) is 5.91 Å². The van der Waals surface area contributed by atoms with E-state index in [1.165, 1.54) is 6.42 Å². The number of amides is 1. The molecule has 108 valence electrons. The van der Waals surface area contributed by atoms with Crippen LogP contribution in [0.25, 0.3) is 0 Å². The Hall–Kier alpha value is -1.39. The molecule has 0 saturated carbocycles. The monoisotopic (exact) mass is 274 g/mol. The number of fused-ring (bicyclic) bond motifs is 2. The van der Waals surface area contributed by atoms with Gasteiger partial charge in [0, 0.05) is 20.2 Å². The van der Waals surface area contributed by atoms with E-state index in [2.05, 4.69) is 5.32 Å². The molecule has 2 aliphatic heterocycles. The van der Waals surface area contributed by atoms with Gasteiger partial charge in [-0.3, -0.25) is 4.79 Å². The second-order valence-electron chi connectivity index (χ2n) is 5.90. The van der Waals surface area contributed by atoms with Crippen molar-refractivity contribution >= 4 is 5.91 Å². The zero-order valence-electron chi connectivity index (χ0n) is 11.9. The molecule has 2 saturated heterocycles. The lowest BCUT2D eigenvalue weighted by atomic mass is 9.85. The third kappa shape index (κ3) is 2.72. The van der Waals surface area contributed by atoms with Crippen LogP contribution in [0.5, 0.6) is 0 Å². The molecule has 0 aromatic heterocycles. The lowest BCUT2D eigenvalue weighted by Crippen LogP contribution is -2.53. The molecule has 2 bridgehead atoms. The lowest BCUT2D eigenvalue weighted by Gasteiger charge is -2.42. The number of nitrogens with zero attached hydrogens (tertiary/aromatic N) is 1. The fourth-order valence-corrected chi connectivity index (χ4v) is 3.46. The second kappa shape index (κ2) is 5.94. The van der Waals surface area contributed by atoms with E-state index in [1.54, 1.807) is 7.11 Å².